The lowest BCUT2D eigenvalue weighted by atomic mass is 9.91. The Labute approximate surface area is 111 Å². The molecule has 3 nitrogen and oxygen atoms in total. The maximum absolute atomic E-state index is 12.6. The Morgan fingerprint density at radius 3 is 2.56 bits per heavy atom. The highest BCUT2D eigenvalue weighted by atomic mass is 32.2. The van der Waals surface area contributed by atoms with Crippen LogP contribution >= 0.6 is 0 Å². The van der Waals surface area contributed by atoms with Crippen LogP contribution in [0.2, 0.25) is 0 Å². The average Bonchev–Trinajstić information content (AvgIpc) is 2.39. The first-order chi connectivity index (χ1) is 8.61. The number of nitrogens with two attached hydrogens (primary N) is 1. The van der Waals surface area contributed by atoms with Crippen LogP contribution in [0.5, 0.6) is 5.75 Å². The highest BCUT2D eigenvalue weighted by Crippen LogP contribution is 2.32. The fourth-order valence-electron chi connectivity index (χ4n) is 2.44. The number of hydrogen-bond acceptors (Lipinski definition) is 3. The van der Waals surface area contributed by atoms with E-state index in [9.17, 15) is 4.21 Å². The quantitative estimate of drug-likeness (QED) is 0.857. The van der Waals surface area contributed by atoms with E-state index in [4.69, 9.17) is 10.5 Å². The van der Waals surface area contributed by atoms with Gasteiger partial charge in [-0.1, -0.05) is 6.92 Å². The van der Waals surface area contributed by atoms with Crippen molar-refractivity contribution in [3.63, 3.8) is 0 Å². The lowest BCUT2D eigenvalue weighted by molar-refractivity contribution is 0.388. The monoisotopic (exact) mass is 267 g/mol. The van der Waals surface area contributed by atoms with Gasteiger partial charge in [0, 0.05) is 10.9 Å². The summed E-state index contributed by atoms with van der Waals surface area (Å²) in [5, 5.41) is 0.246. The predicted molar refractivity (Wildman–Crippen MR) is 75.2 cm³/mol. The van der Waals surface area contributed by atoms with Crippen molar-refractivity contribution in [3.8, 4) is 5.75 Å². The Bertz CT molecular complexity index is 439. The van der Waals surface area contributed by atoms with Gasteiger partial charge in [-0.05, 0) is 49.8 Å². The molecule has 18 heavy (non-hydrogen) atoms. The number of ether oxygens (including phenoxy) is 1. The fourth-order valence-corrected chi connectivity index (χ4v) is 4.03. The Morgan fingerprint density at radius 1 is 1.28 bits per heavy atom. The molecule has 2 rings (SSSR count). The van der Waals surface area contributed by atoms with E-state index in [1.54, 1.807) is 19.2 Å². The second-order valence-electron chi connectivity index (χ2n) is 5.08. The SMILES string of the molecule is COc1ccc(N)c(S(=O)C2CCC(C)CC2)c1. The van der Waals surface area contributed by atoms with E-state index >= 15 is 0 Å². The summed E-state index contributed by atoms with van der Waals surface area (Å²) in [6.45, 7) is 2.26. The second kappa shape index (κ2) is 5.74. The Balaban J connectivity index is 2.17. The molecule has 0 saturated heterocycles. The molecule has 0 radical (unpaired) electrons. The van der Waals surface area contributed by atoms with Gasteiger partial charge in [0.2, 0.25) is 0 Å². The smallest absolute Gasteiger partial charge is 0.120 e. The zero-order valence-electron chi connectivity index (χ0n) is 11.0. The average molecular weight is 267 g/mol. The van der Waals surface area contributed by atoms with Crippen molar-refractivity contribution in [2.45, 2.75) is 42.8 Å². The molecule has 100 valence electrons. The summed E-state index contributed by atoms with van der Waals surface area (Å²) in [5.41, 5.74) is 6.53. The summed E-state index contributed by atoms with van der Waals surface area (Å²) in [6, 6.07) is 5.39. The Hall–Kier alpha value is -1.03. The topological polar surface area (TPSA) is 52.3 Å². The minimum atomic E-state index is -1.01. The molecule has 0 aliphatic heterocycles. The molecule has 1 aliphatic carbocycles. The molecule has 1 atom stereocenters. The highest BCUT2D eigenvalue weighted by Gasteiger charge is 2.25. The zero-order valence-corrected chi connectivity index (χ0v) is 11.8. The summed E-state index contributed by atoms with van der Waals surface area (Å²) in [4.78, 5) is 0.730. The van der Waals surface area contributed by atoms with Crippen LogP contribution in [0.25, 0.3) is 0 Å². The molecule has 1 aromatic carbocycles. The molecule has 2 N–H and O–H groups in total. The van der Waals surface area contributed by atoms with Crippen molar-refractivity contribution in [3.05, 3.63) is 18.2 Å². The Kier molecular flexibility index (Phi) is 4.27. The van der Waals surface area contributed by atoms with Gasteiger partial charge in [-0.2, -0.15) is 0 Å². The van der Waals surface area contributed by atoms with Gasteiger partial charge in [-0.25, -0.2) is 0 Å². The van der Waals surface area contributed by atoms with Crippen LogP contribution in [-0.4, -0.2) is 16.6 Å². The summed E-state index contributed by atoms with van der Waals surface area (Å²) < 4.78 is 17.7. The van der Waals surface area contributed by atoms with Gasteiger partial charge in [0.25, 0.3) is 0 Å². The van der Waals surface area contributed by atoms with Crippen LogP contribution in [0.4, 0.5) is 5.69 Å². The van der Waals surface area contributed by atoms with Gasteiger partial charge < -0.3 is 10.5 Å². The van der Waals surface area contributed by atoms with Crippen LogP contribution in [0.3, 0.4) is 0 Å². The molecular weight excluding hydrogens is 246 g/mol. The third kappa shape index (κ3) is 2.86. The standard InChI is InChI=1S/C14H21NO2S/c1-10-3-6-12(7-4-10)18(16)14-9-11(17-2)5-8-13(14)15/h5,8-10,12H,3-4,6-7,15H2,1-2H3. The molecule has 0 amide bonds. The van der Waals surface area contributed by atoms with Crippen molar-refractivity contribution in [1.82, 2.24) is 0 Å². The predicted octanol–water partition coefficient (Wildman–Crippen LogP) is 2.96. The van der Waals surface area contributed by atoms with Crippen molar-refractivity contribution >= 4 is 16.5 Å². The van der Waals surface area contributed by atoms with Crippen LogP contribution in [0.1, 0.15) is 32.6 Å². The van der Waals surface area contributed by atoms with Crippen molar-refractivity contribution in [1.29, 1.82) is 0 Å². The zero-order chi connectivity index (χ0) is 13.1. The largest absolute Gasteiger partial charge is 0.497 e. The van der Waals surface area contributed by atoms with Crippen molar-refractivity contribution in [2.75, 3.05) is 12.8 Å². The van der Waals surface area contributed by atoms with E-state index in [0.29, 0.717) is 5.69 Å². The first kappa shape index (κ1) is 13.4. The molecule has 0 bridgehead atoms. The molecule has 1 saturated carbocycles. The normalized spacial score (nSPS) is 25.7. The van der Waals surface area contributed by atoms with Crippen molar-refractivity contribution < 1.29 is 8.95 Å². The van der Waals surface area contributed by atoms with Crippen LogP contribution in [-0.2, 0) is 10.8 Å². The third-order valence-corrected chi connectivity index (χ3v) is 5.57. The number of rotatable bonds is 3. The summed E-state index contributed by atoms with van der Waals surface area (Å²) in [5.74, 6) is 1.48. The molecule has 1 aromatic rings. The molecule has 0 heterocycles. The van der Waals surface area contributed by atoms with Crippen LogP contribution < -0.4 is 10.5 Å². The van der Waals surface area contributed by atoms with Crippen LogP contribution in [0.15, 0.2) is 23.1 Å². The minimum Gasteiger partial charge on any atom is -0.497 e. The maximum Gasteiger partial charge on any atom is 0.120 e. The molecule has 0 aromatic heterocycles. The number of anilines is 1. The van der Waals surface area contributed by atoms with E-state index in [0.717, 1.165) is 29.4 Å². The maximum atomic E-state index is 12.6. The lowest BCUT2D eigenvalue weighted by Crippen LogP contribution is -2.22. The van der Waals surface area contributed by atoms with Gasteiger partial charge in [-0.3, -0.25) is 4.21 Å². The molecular formula is C14H21NO2S. The van der Waals surface area contributed by atoms with E-state index in [1.165, 1.54) is 12.8 Å². The van der Waals surface area contributed by atoms with Gasteiger partial charge in [-0.15, -0.1) is 0 Å². The molecule has 1 aliphatic rings. The fraction of sp³-hybridized carbons (Fsp3) is 0.571. The minimum absolute atomic E-state index is 0.246. The third-order valence-electron chi connectivity index (χ3n) is 3.70. The summed E-state index contributed by atoms with van der Waals surface area (Å²) in [7, 11) is 0.598. The van der Waals surface area contributed by atoms with Crippen molar-refractivity contribution in [2.24, 2.45) is 5.92 Å². The highest BCUT2D eigenvalue weighted by molar-refractivity contribution is 7.85. The molecule has 1 fully saturated rings. The summed E-state index contributed by atoms with van der Waals surface area (Å²) >= 11 is 0. The number of methoxy groups -OCH3 is 1. The van der Waals surface area contributed by atoms with Gasteiger partial charge in [0.1, 0.15) is 5.75 Å². The first-order valence-corrected chi connectivity index (χ1v) is 7.67. The Morgan fingerprint density at radius 2 is 1.94 bits per heavy atom. The number of nitrogen functional groups attached to an aromatic ring is 1. The van der Waals surface area contributed by atoms with E-state index in [2.05, 4.69) is 6.92 Å². The van der Waals surface area contributed by atoms with E-state index in [1.807, 2.05) is 6.07 Å². The number of benzene rings is 1. The van der Waals surface area contributed by atoms with Crippen LogP contribution in [0, 0.1) is 5.92 Å². The second-order valence-corrected chi connectivity index (χ2v) is 6.78. The van der Waals surface area contributed by atoms with Gasteiger partial charge >= 0.3 is 0 Å². The first-order valence-electron chi connectivity index (χ1n) is 6.46. The number of hydrogen-bond donors (Lipinski definition) is 1. The molecule has 1 unspecified atom stereocenters. The summed E-state index contributed by atoms with van der Waals surface area (Å²) in [6.07, 6.45) is 4.40. The van der Waals surface area contributed by atoms with Gasteiger partial charge in [0.05, 0.1) is 22.8 Å². The lowest BCUT2D eigenvalue weighted by Gasteiger charge is -2.26. The van der Waals surface area contributed by atoms with E-state index < -0.39 is 10.8 Å². The van der Waals surface area contributed by atoms with Gasteiger partial charge in [0.15, 0.2) is 0 Å². The molecule has 0 spiro atoms. The van der Waals surface area contributed by atoms with E-state index in [-0.39, 0.29) is 5.25 Å². The molecule has 4 heteroatoms.